The molecule has 5 nitrogen and oxygen atoms in total. The van der Waals surface area contributed by atoms with Gasteiger partial charge in [0.25, 0.3) is 0 Å². The largest absolute Gasteiger partial charge is 0.379 e. The maximum absolute atomic E-state index is 6.24. The number of aromatic nitrogens is 1. The standard InChI is InChI=1S/C19H23ClN4OS2/c20-16-6-5-15(27-16)18-17(14-4-1-2-7-21-14)22-19(26)24(18)9-3-8-23-10-12-25-13-11-23/h1-2,4-7,17-18H,3,8-13H2,(H,22,26)/t17-,18-/m0/s1. The summed E-state index contributed by atoms with van der Waals surface area (Å²) in [6.07, 6.45) is 2.89. The van der Waals surface area contributed by atoms with Crippen molar-refractivity contribution in [3.63, 3.8) is 0 Å². The first-order chi connectivity index (χ1) is 13.2. The second-order valence-corrected chi connectivity index (χ2v) is 8.90. The van der Waals surface area contributed by atoms with Gasteiger partial charge in [0.2, 0.25) is 0 Å². The van der Waals surface area contributed by atoms with Crippen LogP contribution in [0.3, 0.4) is 0 Å². The topological polar surface area (TPSA) is 40.6 Å². The molecule has 0 saturated carbocycles. The van der Waals surface area contributed by atoms with E-state index in [-0.39, 0.29) is 12.1 Å². The number of hydrogen-bond donors (Lipinski definition) is 1. The molecule has 4 rings (SSSR count). The van der Waals surface area contributed by atoms with Crippen LogP contribution in [0, 0.1) is 0 Å². The maximum Gasteiger partial charge on any atom is 0.170 e. The van der Waals surface area contributed by atoms with Crippen LogP contribution in [0.5, 0.6) is 0 Å². The predicted octanol–water partition coefficient (Wildman–Crippen LogP) is 3.49. The lowest BCUT2D eigenvalue weighted by atomic mass is 10.0. The Morgan fingerprint density at radius 2 is 2.07 bits per heavy atom. The Morgan fingerprint density at radius 3 is 2.78 bits per heavy atom. The number of morpholine rings is 1. The summed E-state index contributed by atoms with van der Waals surface area (Å²) in [5, 5.41) is 4.29. The molecule has 144 valence electrons. The average Bonchev–Trinajstić information content (AvgIpc) is 3.27. The lowest BCUT2D eigenvalue weighted by molar-refractivity contribution is 0.0366. The van der Waals surface area contributed by atoms with E-state index in [9.17, 15) is 0 Å². The van der Waals surface area contributed by atoms with E-state index < -0.39 is 0 Å². The zero-order valence-electron chi connectivity index (χ0n) is 15.0. The fourth-order valence-electron chi connectivity index (χ4n) is 3.73. The summed E-state index contributed by atoms with van der Waals surface area (Å²) in [5.41, 5.74) is 1.00. The molecule has 2 fully saturated rings. The first-order valence-electron chi connectivity index (χ1n) is 9.26. The van der Waals surface area contributed by atoms with Gasteiger partial charge in [-0.2, -0.15) is 0 Å². The molecule has 1 N–H and O–H groups in total. The van der Waals surface area contributed by atoms with Crippen molar-refractivity contribution in [2.24, 2.45) is 0 Å². The van der Waals surface area contributed by atoms with Gasteiger partial charge in [-0.3, -0.25) is 9.88 Å². The Hall–Kier alpha value is -1.25. The number of thiocarbonyl (C=S) groups is 1. The molecular formula is C19H23ClN4OS2. The molecule has 2 saturated heterocycles. The van der Waals surface area contributed by atoms with Crippen LogP contribution >= 0.6 is 35.2 Å². The highest BCUT2D eigenvalue weighted by molar-refractivity contribution is 7.80. The summed E-state index contributed by atoms with van der Waals surface area (Å²) >= 11 is 13.6. The van der Waals surface area contributed by atoms with Gasteiger partial charge in [0.15, 0.2) is 5.11 Å². The third-order valence-electron chi connectivity index (χ3n) is 5.06. The van der Waals surface area contributed by atoms with Crippen LogP contribution in [0.2, 0.25) is 4.34 Å². The number of nitrogens with one attached hydrogen (secondary N) is 1. The smallest absolute Gasteiger partial charge is 0.170 e. The van der Waals surface area contributed by atoms with E-state index in [0.29, 0.717) is 0 Å². The molecule has 2 atom stereocenters. The number of thiophene rings is 1. The van der Waals surface area contributed by atoms with E-state index in [1.165, 1.54) is 4.88 Å². The third-order valence-corrected chi connectivity index (χ3v) is 6.71. The minimum Gasteiger partial charge on any atom is -0.379 e. The Morgan fingerprint density at radius 1 is 1.22 bits per heavy atom. The van der Waals surface area contributed by atoms with Crippen molar-refractivity contribution in [2.75, 3.05) is 39.4 Å². The van der Waals surface area contributed by atoms with Crippen molar-refractivity contribution in [1.29, 1.82) is 0 Å². The van der Waals surface area contributed by atoms with Gasteiger partial charge in [-0.15, -0.1) is 11.3 Å². The summed E-state index contributed by atoms with van der Waals surface area (Å²) in [6, 6.07) is 10.2. The number of nitrogens with zero attached hydrogens (tertiary/aromatic N) is 3. The fourth-order valence-corrected chi connectivity index (χ4v) is 5.28. The van der Waals surface area contributed by atoms with Crippen molar-refractivity contribution < 1.29 is 4.74 Å². The number of rotatable bonds is 6. The Kier molecular flexibility index (Phi) is 6.24. The molecule has 2 aliphatic heterocycles. The summed E-state index contributed by atoms with van der Waals surface area (Å²) in [6.45, 7) is 5.68. The third kappa shape index (κ3) is 4.43. The van der Waals surface area contributed by atoms with E-state index in [1.54, 1.807) is 11.3 Å². The van der Waals surface area contributed by atoms with Crippen molar-refractivity contribution in [2.45, 2.75) is 18.5 Å². The van der Waals surface area contributed by atoms with Gasteiger partial charge in [0.05, 0.1) is 35.3 Å². The highest BCUT2D eigenvalue weighted by atomic mass is 35.5. The molecule has 2 aliphatic rings. The van der Waals surface area contributed by atoms with Crippen LogP contribution in [0.4, 0.5) is 0 Å². The quantitative estimate of drug-likeness (QED) is 0.718. The van der Waals surface area contributed by atoms with E-state index in [1.807, 2.05) is 24.4 Å². The van der Waals surface area contributed by atoms with E-state index in [4.69, 9.17) is 28.6 Å². The summed E-state index contributed by atoms with van der Waals surface area (Å²) in [4.78, 5) is 10.5. The van der Waals surface area contributed by atoms with Crippen molar-refractivity contribution in [3.05, 3.63) is 51.4 Å². The van der Waals surface area contributed by atoms with Gasteiger partial charge in [0.1, 0.15) is 0 Å². The second kappa shape index (κ2) is 8.84. The number of ether oxygens (including phenoxy) is 1. The van der Waals surface area contributed by atoms with Gasteiger partial charge in [-0.05, 0) is 42.9 Å². The molecule has 0 bridgehead atoms. The lowest BCUT2D eigenvalue weighted by Gasteiger charge is -2.29. The molecule has 0 amide bonds. The van der Waals surface area contributed by atoms with E-state index >= 15 is 0 Å². The highest BCUT2D eigenvalue weighted by Crippen LogP contribution is 2.42. The molecule has 0 radical (unpaired) electrons. The van der Waals surface area contributed by atoms with Gasteiger partial charge >= 0.3 is 0 Å². The number of halogens is 1. The van der Waals surface area contributed by atoms with Crippen LogP contribution in [-0.2, 0) is 4.74 Å². The number of hydrogen-bond acceptors (Lipinski definition) is 5. The van der Waals surface area contributed by atoms with E-state index in [0.717, 1.165) is 61.0 Å². The zero-order chi connectivity index (χ0) is 18.6. The second-order valence-electron chi connectivity index (χ2n) is 6.77. The fraction of sp³-hybridized carbons (Fsp3) is 0.474. The van der Waals surface area contributed by atoms with Gasteiger partial charge in [0, 0.05) is 37.3 Å². The van der Waals surface area contributed by atoms with E-state index in [2.05, 4.69) is 32.2 Å². The summed E-state index contributed by atoms with van der Waals surface area (Å²) in [7, 11) is 0. The van der Waals surface area contributed by atoms with Crippen molar-refractivity contribution in [3.8, 4) is 0 Å². The van der Waals surface area contributed by atoms with Crippen molar-refractivity contribution in [1.82, 2.24) is 20.1 Å². The summed E-state index contributed by atoms with van der Waals surface area (Å²) < 4.78 is 6.24. The molecule has 0 aromatic carbocycles. The molecule has 0 unspecified atom stereocenters. The van der Waals surface area contributed by atoms with Gasteiger partial charge in [-0.1, -0.05) is 17.7 Å². The Bertz CT molecular complexity index is 766. The molecule has 2 aromatic rings. The molecular weight excluding hydrogens is 400 g/mol. The minimum atomic E-state index is 0.0387. The first-order valence-corrected chi connectivity index (χ1v) is 10.9. The normalized spacial score (nSPS) is 23.6. The SMILES string of the molecule is S=C1N[C@@H](c2ccccn2)[C@H](c2ccc(Cl)s2)N1CCCN1CCOCC1. The Balaban J connectivity index is 1.50. The molecule has 0 spiro atoms. The van der Waals surface area contributed by atoms with Crippen LogP contribution in [0.1, 0.15) is 29.1 Å². The number of pyridine rings is 1. The van der Waals surface area contributed by atoms with Crippen LogP contribution in [0.15, 0.2) is 36.5 Å². The molecule has 4 heterocycles. The Labute approximate surface area is 174 Å². The first kappa shape index (κ1) is 19.1. The minimum absolute atomic E-state index is 0.0387. The lowest BCUT2D eigenvalue weighted by Crippen LogP contribution is -2.38. The monoisotopic (exact) mass is 422 g/mol. The van der Waals surface area contributed by atoms with Crippen LogP contribution in [0.25, 0.3) is 0 Å². The molecule has 2 aromatic heterocycles. The summed E-state index contributed by atoms with van der Waals surface area (Å²) in [5.74, 6) is 0. The molecule has 0 aliphatic carbocycles. The maximum atomic E-state index is 6.24. The molecule has 8 heteroatoms. The predicted molar refractivity (Wildman–Crippen MR) is 113 cm³/mol. The average molecular weight is 423 g/mol. The molecule has 27 heavy (non-hydrogen) atoms. The van der Waals surface area contributed by atoms with Crippen LogP contribution < -0.4 is 5.32 Å². The van der Waals surface area contributed by atoms with Gasteiger partial charge < -0.3 is 15.0 Å². The van der Waals surface area contributed by atoms with Crippen LogP contribution in [-0.4, -0.2) is 59.3 Å². The zero-order valence-corrected chi connectivity index (χ0v) is 17.4. The van der Waals surface area contributed by atoms with Gasteiger partial charge in [-0.25, -0.2) is 0 Å². The van der Waals surface area contributed by atoms with Crippen molar-refractivity contribution >= 4 is 40.3 Å². The highest BCUT2D eigenvalue weighted by Gasteiger charge is 2.40.